The predicted octanol–water partition coefficient (Wildman–Crippen LogP) is 11.3. The molecule has 19 nitrogen and oxygen atoms in total. The van der Waals surface area contributed by atoms with Gasteiger partial charge in [0.1, 0.15) is 11.5 Å². The summed E-state index contributed by atoms with van der Waals surface area (Å²) in [6.07, 6.45) is 23.4. The molecule has 1 aromatic heterocycles. The molecule has 0 radical (unpaired) electrons. The molecule has 0 aromatic carbocycles. The molecule has 1 aliphatic carbocycles. The van der Waals surface area contributed by atoms with E-state index in [-0.39, 0.29) is 85.9 Å². The molecule has 7 amide bonds. The van der Waals surface area contributed by atoms with Crippen LogP contribution in [-0.2, 0) is 28.8 Å². The van der Waals surface area contributed by atoms with Gasteiger partial charge in [0, 0.05) is 120 Å². The predicted molar refractivity (Wildman–Crippen MR) is 395 cm³/mol. The van der Waals surface area contributed by atoms with Crippen LogP contribution in [-0.4, -0.2) is 222 Å². The maximum absolute atomic E-state index is 13.3. The number of aromatic nitrogens is 1. The summed E-state index contributed by atoms with van der Waals surface area (Å²) in [5.41, 5.74) is -0.385. The second-order valence-corrected chi connectivity index (χ2v) is 31.8. The van der Waals surface area contributed by atoms with Gasteiger partial charge in [0.05, 0.1) is 5.01 Å². The van der Waals surface area contributed by atoms with E-state index in [1.807, 2.05) is 277 Å². The zero-order chi connectivity index (χ0) is 75.0. The number of aryl methyl sites for hydroxylation is 1. The number of terminal acetylenes is 1. The molecule has 0 saturated heterocycles. The van der Waals surface area contributed by atoms with Gasteiger partial charge in [0.25, 0.3) is 11.8 Å². The van der Waals surface area contributed by atoms with Gasteiger partial charge in [0.15, 0.2) is 0 Å². The number of likely N-dealkylation sites (N-methyl/N-ethyl adjacent to an activating group) is 6. The molecule has 1 heterocycles. The minimum absolute atomic E-state index is 0.0330. The van der Waals surface area contributed by atoms with Crippen molar-refractivity contribution >= 4 is 52.7 Å². The van der Waals surface area contributed by atoms with Crippen LogP contribution in [0.5, 0.6) is 0 Å². The number of carbonyl (C=O) groups is 7. The maximum atomic E-state index is 13.3. The Morgan fingerprint density at radius 1 is 0.532 bits per heavy atom. The fraction of sp³-hybridized carbons (Fsp3) is 0.671. The van der Waals surface area contributed by atoms with E-state index in [4.69, 9.17) is 6.42 Å². The number of allylic oxidation sites excluding steroid dienone is 1. The fourth-order valence-corrected chi connectivity index (χ4v) is 7.64. The number of rotatable bonds is 17. The number of nitrogens with zero attached hydrogens (tertiary/aromatic N) is 8. The Bertz CT molecular complexity index is 2610. The zero-order valence-electron chi connectivity index (χ0n) is 64.9. The van der Waals surface area contributed by atoms with Crippen LogP contribution in [0.25, 0.3) is 0 Å². The van der Waals surface area contributed by atoms with Crippen molar-refractivity contribution in [3.63, 3.8) is 0 Å². The normalized spacial score (nSPS) is 12.9. The number of hydrogen-bond acceptors (Lipinski definition) is 13. The van der Waals surface area contributed by atoms with Crippen molar-refractivity contribution < 1.29 is 38.0 Å². The molecule has 0 unspecified atom stereocenters. The van der Waals surface area contributed by atoms with E-state index in [9.17, 15) is 38.0 Å². The van der Waals surface area contributed by atoms with Crippen LogP contribution in [0, 0.1) is 19.3 Å². The number of nitrogens with one attached hydrogen (secondary N) is 4. The molecule has 0 bridgehead atoms. The average molecular weight is 1340 g/mol. The van der Waals surface area contributed by atoms with E-state index in [2.05, 4.69) is 32.8 Å². The molecule has 540 valence electrons. The summed E-state index contributed by atoms with van der Waals surface area (Å²) < 4.78 is 13.3. The highest BCUT2D eigenvalue weighted by atomic mass is 32.1. The summed E-state index contributed by atoms with van der Waals surface area (Å²) in [6, 6.07) is 0. The first-order valence-electron chi connectivity index (χ1n) is 32.2. The Labute approximate surface area is 576 Å². The fourth-order valence-electron chi connectivity index (χ4n) is 7.05. The second kappa shape index (κ2) is 46.7. The molecule has 4 N–H and O–H groups in total. The Balaban J connectivity index is -0.000000329. The van der Waals surface area contributed by atoms with Gasteiger partial charge in [-0.15, -0.1) is 24.3 Å². The van der Waals surface area contributed by atoms with Crippen molar-refractivity contribution in [2.24, 2.45) is 0 Å². The van der Waals surface area contributed by atoms with Gasteiger partial charge >= 0.3 is 0 Å². The molecule has 0 atom stereocenters. The lowest BCUT2D eigenvalue weighted by Crippen LogP contribution is -2.44. The van der Waals surface area contributed by atoms with E-state index in [1.54, 1.807) is 45.6 Å². The lowest BCUT2D eigenvalue weighted by atomic mass is 9.97. The summed E-state index contributed by atoms with van der Waals surface area (Å²) in [5.74, 6) is 1.20. The number of thiazole rings is 1. The molecular formula is C73H133FN12O7S. The van der Waals surface area contributed by atoms with Gasteiger partial charge < -0.3 is 55.6 Å². The third-order valence-corrected chi connectivity index (χ3v) is 12.4. The number of halogens is 1. The highest BCUT2D eigenvalue weighted by Crippen LogP contribution is 2.26. The molecule has 0 fully saturated rings. The number of amides is 7. The molecule has 1 aromatic rings. The summed E-state index contributed by atoms with van der Waals surface area (Å²) in [5, 5.41) is 13.8. The summed E-state index contributed by atoms with van der Waals surface area (Å²) >= 11 is 1.49. The third-order valence-electron chi connectivity index (χ3n) is 11.7. The molecule has 0 saturated carbocycles. The molecule has 1 aliphatic rings. The summed E-state index contributed by atoms with van der Waals surface area (Å²) in [7, 11) is 17.6. The van der Waals surface area contributed by atoms with Crippen LogP contribution in [0.4, 0.5) is 4.39 Å². The highest BCUT2D eigenvalue weighted by Gasteiger charge is 2.26. The number of carbonyl (C=O) groups excluding carboxylic acids is 7. The van der Waals surface area contributed by atoms with Gasteiger partial charge in [-0.3, -0.25) is 33.6 Å². The van der Waals surface area contributed by atoms with Crippen LogP contribution < -0.4 is 21.3 Å². The Kier molecular flexibility index (Phi) is 47.9. The van der Waals surface area contributed by atoms with Crippen molar-refractivity contribution in [2.75, 3.05) is 103 Å². The van der Waals surface area contributed by atoms with Crippen LogP contribution in [0.15, 0.2) is 78.0 Å². The first kappa shape index (κ1) is 96.4. The SMILES string of the molecule is C#CC(=O)NC(C)(C)C.C=CCN(C(=O)/C=C/CN(C)C)C(C)(C)C.CC(C)(C)NC(=O)C1=C(F)CCCC1.CCN(C(=O)/C=C/CN(C)C)C(C)(C)C.CN(C)C/C=C/C(=O)N(C)C(C)(C)C.CN(C)C/C=C/C(=O)NC(C)(C)C.Cc1nc(C(=O)NC(C)(C)C)cs1. The molecule has 0 spiro atoms. The molecular weight excluding hydrogens is 1210 g/mol. The lowest BCUT2D eigenvalue weighted by molar-refractivity contribution is -0.131. The van der Waals surface area contributed by atoms with Crippen molar-refractivity contribution in [2.45, 2.75) is 224 Å². The lowest BCUT2D eigenvalue weighted by Gasteiger charge is -2.34. The Morgan fingerprint density at radius 2 is 0.894 bits per heavy atom. The van der Waals surface area contributed by atoms with Crippen molar-refractivity contribution in [3.05, 3.63) is 88.7 Å². The van der Waals surface area contributed by atoms with Gasteiger partial charge in [0.2, 0.25) is 29.5 Å². The standard InChI is InChI=1S/C13H24N2O.C12H24N2O.C11H18FNO.C11H22N2O.C10H20N2O.C9H14N2OS.C7H11NO/c1-7-10-15(13(2,3)4)12(16)9-8-11-14(5)6;1-7-14(12(2,3)4)11(15)9-8-10-13(5)6;1-11(2,3)13-10(14)8-6-4-5-7-9(8)12;1-11(2,3)13(6)10(14)8-7-9-12(4)5;1-10(2,3)11-9(13)7-6-8-12(4)5;1-6-10-7(5-13-6)8(12)11-9(2,3)4;1-5-6(9)8-7(2,3)4/h7-9H,1,10-11H2,2-6H3;8-9H,7,10H2,1-6H3;4-7H2,1-3H3,(H,13,14);7-8H,9H2,1-6H3;6-7H,8H2,1-5H3,(H,11,13);5H,1-4H3,(H,11,12);1H,2-4H3,(H,8,9)/b2*9-8+;;8-7+;7-6+;;. The highest BCUT2D eigenvalue weighted by molar-refractivity contribution is 7.09. The Hall–Kier alpha value is -6.31. The topological polar surface area (TPSA) is 203 Å². The molecule has 0 aliphatic heterocycles. The van der Waals surface area contributed by atoms with E-state index >= 15 is 0 Å². The maximum Gasteiger partial charge on any atom is 0.296 e. The zero-order valence-corrected chi connectivity index (χ0v) is 65.7. The molecule has 94 heavy (non-hydrogen) atoms. The van der Waals surface area contributed by atoms with Gasteiger partial charge in [-0.25, -0.2) is 9.37 Å². The quantitative estimate of drug-likeness (QED) is 0.0654. The monoisotopic (exact) mass is 1340 g/mol. The minimum Gasteiger partial charge on any atom is -0.348 e. The number of hydrogen-bond donors (Lipinski definition) is 4. The third kappa shape index (κ3) is 58.3. The van der Waals surface area contributed by atoms with Crippen molar-refractivity contribution in [1.29, 1.82) is 0 Å². The first-order chi connectivity index (χ1) is 42.4. The summed E-state index contributed by atoms with van der Waals surface area (Å²) in [6.45, 7) is 53.4. The largest absolute Gasteiger partial charge is 0.348 e. The van der Waals surface area contributed by atoms with E-state index in [0.29, 0.717) is 30.7 Å². The minimum atomic E-state index is -0.359. The van der Waals surface area contributed by atoms with Gasteiger partial charge in [-0.2, -0.15) is 0 Å². The van der Waals surface area contributed by atoms with Crippen LogP contribution in [0.3, 0.4) is 0 Å². The molecule has 2 rings (SSSR count). The second-order valence-electron chi connectivity index (χ2n) is 30.7. The van der Waals surface area contributed by atoms with E-state index in [0.717, 1.165) is 50.6 Å². The van der Waals surface area contributed by atoms with Crippen molar-refractivity contribution in [3.8, 4) is 12.3 Å². The van der Waals surface area contributed by atoms with Crippen molar-refractivity contribution in [1.82, 2.24) is 60.6 Å². The summed E-state index contributed by atoms with van der Waals surface area (Å²) in [4.78, 5) is 97.7. The Morgan fingerprint density at radius 3 is 1.19 bits per heavy atom. The molecule has 21 heteroatoms. The van der Waals surface area contributed by atoms with Crippen LogP contribution >= 0.6 is 11.3 Å². The van der Waals surface area contributed by atoms with Crippen LogP contribution in [0.1, 0.15) is 194 Å². The van der Waals surface area contributed by atoms with E-state index < -0.39 is 0 Å². The first-order valence-corrected chi connectivity index (χ1v) is 33.1. The average Bonchev–Trinajstić information content (AvgIpc) is 1.05. The van der Waals surface area contributed by atoms with E-state index in [1.165, 1.54) is 11.3 Å². The smallest absolute Gasteiger partial charge is 0.296 e. The van der Waals surface area contributed by atoms with Gasteiger partial charge in [-0.05, 0) is 247 Å². The van der Waals surface area contributed by atoms with Crippen LogP contribution in [0.2, 0.25) is 0 Å². The van der Waals surface area contributed by atoms with Gasteiger partial charge in [-0.1, -0.05) is 30.4 Å².